The van der Waals surface area contributed by atoms with Crippen molar-refractivity contribution in [3.8, 4) is 0 Å². The second-order valence-electron chi connectivity index (χ2n) is 3.57. The van der Waals surface area contributed by atoms with Crippen LogP contribution in [0, 0.1) is 6.92 Å². The highest BCUT2D eigenvalue weighted by atomic mass is 79.9. The first-order valence-corrected chi connectivity index (χ1v) is 5.62. The largest absolute Gasteiger partial charge is 0.329 e. The van der Waals surface area contributed by atoms with E-state index in [2.05, 4.69) is 53.3 Å². The van der Waals surface area contributed by atoms with Crippen LogP contribution < -0.4 is 11.1 Å². The molecule has 1 rings (SSSR count). The molecule has 0 saturated carbocycles. The zero-order chi connectivity index (χ0) is 10.6. The fourth-order valence-corrected chi connectivity index (χ4v) is 1.62. The van der Waals surface area contributed by atoms with E-state index in [0.717, 1.165) is 6.54 Å². The molecule has 2 nitrogen and oxygen atoms in total. The van der Waals surface area contributed by atoms with Gasteiger partial charge in [0.15, 0.2) is 0 Å². The Morgan fingerprint density at radius 2 is 2.21 bits per heavy atom. The van der Waals surface area contributed by atoms with E-state index in [-0.39, 0.29) is 0 Å². The van der Waals surface area contributed by atoms with Gasteiger partial charge in [-0.1, -0.05) is 34.1 Å². The summed E-state index contributed by atoms with van der Waals surface area (Å²) in [7, 11) is 0. The van der Waals surface area contributed by atoms with Crippen LogP contribution in [0.4, 0.5) is 0 Å². The van der Waals surface area contributed by atoms with Crippen molar-refractivity contribution in [3.63, 3.8) is 0 Å². The lowest BCUT2D eigenvalue weighted by Crippen LogP contribution is -2.32. The lowest BCUT2D eigenvalue weighted by atomic mass is 10.1. The van der Waals surface area contributed by atoms with E-state index in [1.165, 1.54) is 15.6 Å². The molecule has 1 atom stereocenters. The summed E-state index contributed by atoms with van der Waals surface area (Å²) >= 11 is 3.58. The van der Waals surface area contributed by atoms with Crippen LogP contribution in [-0.2, 0) is 6.54 Å². The first kappa shape index (κ1) is 11.7. The molecule has 78 valence electrons. The number of rotatable bonds is 4. The van der Waals surface area contributed by atoms with Gasteiger partial charge in [0.25, 0.3) is 0 Å². The maximum atomic E-state index is 5.53. The molecule has 0 spiro atoms. The third-order valence-electron chi connectivity index (χ3n) is 2.27. The molecule has 1 aromatic rings. The number of hydrogen-bond donors (Lipinski definition) is 2. The highest BCUT2D eigenvalue weighted by molar-refractivity contribution is 9.10. The highest BCUT2D eigenvalue weighted by Crippen LogP contribution is 2.20. The van der Waals surface area contributed by atoms with Crippen LogP contribution in [0.3, 0.4) is 0 Å². The lowest BCUT2D eigenvalue weighted by molar-refractivity contribution is 0.555. The highest BCUT2D eigenvalue weighted by Gasteiger charge is 2.03. The van der Waals surface area contributed by atoms with Crippen LogP contribution in [0.15, 0.2) is 22.7 Å². The monoisotopic (exact) mass is 256 g/mol. The van der Waals surface area contributed by atoms with Crippen molar-refractivity contribution >= 4 is 15.9 Å². The maximum Gasteiger partial charge on any atom is 0.0249 e. The van der Waals surface area contributed by atoms with Crippen molar-refractivity contribution in [2.75, 3.05) is 6.54 Å². The molecule has 1 aromatic carbocycles. The predicted molar refractivity (Wildman–Crippen MR) is 64.2 cm³/mol. The van der Waals surface area contributed by atoms with E-state index >= 15 is 0 Å². The Morgan fingerprint density at radius 1 is 1.50 bits per heavy atom. The minimum atomic E-state index is 0.363. The van der Waals surface area contributed by atoms with Crippen molar-refractivity contribution in [2.45, 2.75) is 26.4 Å². The molecule has 0 bridgehead atoms. The first-order chi connectivity index (χ1) is 6.65. The van der Waals surface area contributed by atoms with Gasteiger partial charge in [-0.15, -0.1) is 0 Å². The average Bonchev–Trinajstić information content (AvgIpc) is 2.20. The number of aryl methyl sites for hydroxylation is 1. The normalized spacial score (nSPS) is 12.9. The molecule has 0 saturated heterocycles. The minimum Gasteiger partial charge on any atom is -0.329 e. The van der Waals surface area contributed by atoms with Crippen molar-refractivity contribution in [1.82, 2.24) is 5.32 Å². The Hall–Kier alpha value is -0.380. The Balaban J connectivity index is 2.63. The Labute approximate surface area is 94.0 Å². The third kappa shape index (κ3) is 3.08. The molecule has 0 radical (unpaired) electrons. The van der Waals surface area contributed by atoms with Crippen molar-refractivity contribution < 1.29 is 0 Å². The average molecular weight is 257 g/mol. The quantitative estimate of drug-likeness (QED) is 0.867. The summed E-state index contributed by atoms with van der Waals surface area (Å²) in [6, 6.07) is 6.65. The van der Waals surface area contributed by atoms with Gasteiger partial charge in [-0.25, -0.2) is 0 Å². The van der Waals surface area contributed by atoms with Crippen LogP contribution in [0.25, 0.3) is 0 Å². The summed E-state index contributed by atoms with van der Waals surface area (Å²) in [5, 5.41) is 3.36. The van der Waals surface area contributed by atoms with E-state index in [4.69, 9.17) is 5.73 Å². The zero-order valence-electron chi connectivity index (χ0n) is 8.68. The predicted octanol–water partition coefficient (Wildman–Crippen LogP) is 2.19. The molecular formula is C11H17BrN2. The summed E-state index contributed by atoms with van der Waals surface area (Å²) in [6.45, 7) is 5.72. The first-order valence-electron chi connectivity index (χ1n) is 4.82. The van der Waals surface area contributed by atoms with Crippen LogP contribution >= 0.6 is 15.9 Å². The molecule has 14 heavy (non-hydrogen) atoms. The molecule has 3 heteroatoms. The van der Waals surface area contributed by atoms with Gasteiger partial charge in [0.1, 0.15) is 0 Å². The molecule has 0 aliphatic rings. The van der Waals surface area contributed by atoms with E-state index in [0.29, 0.717) is 12.6 Å². The van der Waals surface area contributed by atoms with Gasteiger partial charge in [-0.2, -0.15) is 0 Å². The Kier molecular flexibility index (Phi) is 4.58. The van der Waals surface area contributed by atoms with Gasteiger partial charge in [-0.05, 0) is 25.0 Å². The van der Waals surface area contributed by atoms with Gasteiger partial charge in [0.05, 0.1) is 0 Å². The summed E-state index contributed by atoms with van der Waals surface area (Å²) < 4.78 is 1.19. The molecule has 3 N–H and O–H groups in total. The van der Waals surface area contributed by atoms with Crippen LogP contribution in [-0.4, -0.2) is 12.6 Å². The van der Waals surface area contributed by atoms with Gasteiger partial charge < -0.3 is 11.1 Å². The number of benzene rings is 1. The van der Waals surface area contributed by atoms with E-state index < -0.39 is 0 Å². The van der Waals surface area contributed by atoms with Crippen molar-refractivity contribution in [2.24, 2.45) is 5.73 Å². The second kappa shape index (κ2) is 5.49. The number of nitrogens with one attached hydrogen (secondary N) is 1. The van der Waals surface area contributed by atoms with Gasteiger partial charge in [-0.3, -0.25) is 0 Å². The zero-order valence-corrected chi connectivity index (χ0v) is 10.3. The summed E-state index contributed by atoms with van der Waals surface area (Å²) in [5.41, 5.74) is 8.08. The van der Waals surface area contributed by atoms with Gasteiger partial charge >= 0.3 is 0 Å². The third-order valence-corrected chi connectivity index (χ3v) is 3.40. The Bertz CT molecular complexity index is 299. The molecule has 0 heterocycles. The fraction of sp³-hybridized carbons (Fsp3) is 0.455. The molecule has 0 aliphatic carbocycles. The van der Waals surface area contributed by atoms with E-state index in [1.807, 2.05) is 0 Å². The maximum absolute atomic E-state index is 5.53. The molecule has 0 aliphatic heterocycles. The Morgan fingerprint density at radius 3 is 2.86 bits per heavy atom. The van der Waals surface area contributed by atoms with Crippen LogP contribution in [0.2, 0.25) is 0 Å². The van der Waals surface area contributed by atoms with Crippen LogP contribution in [0.5, 0.6) is 0 Å². The van der Waals surface area contributed by atoms with Crippen LogP contribution in [0.1, 0.15) is 18.1 Å². The summed E-state index contributed by atoms with van der Waals surface area (Å²) in [4.78, 5) is 0. The summed E-state index contributed by atoms with van der Waals surface area (Å²) in [6.07, 6.45) is 0. The molecular weight excluding hydrogens is 240 g/mol. The number of hydrogen-bond acceptors (Lipinski definition) is 2. The molecule has 0 amide bonds. The van der Waals surface area contributed by atoms with Crippen molar-refractivity contribution in [1.29, 1.82) is 0 Å². The van der Waals surface area contributed by atoms with Gasteiger partial charge in [0.2, 0.25) is 0 Å². The fourth-order valence-electron chi connectivity index (χ4n) is 1.21. The number of nitrogens with two attached hydrogens (primary N) is 1. The van der Waals surface area contributed by atoms with Gasteiger partial charge in [0, 0.05) is 23.6 Å². The minimum absolute atomic E-state index is 0.363. The van der Waals surface area contributed by atoms with E-state index in [9.17, 15) is 0 Å². The topological polar surface area (TPSA) is 38.0 Å². The van der Waals surface area contributed by atoms with Crippen molar-refractivity contribution in [3.05, 3.63) is 33.8 Å². The lowest BCUT2D eigenvalue weighted by Gasteiger charge is -2.13. The SMILES string of the molecule is Cc1cccc(CN[C@H](C)CN)c1Br. The van der Waals surface area contributed by atoms with E-state index in [1.54, 1.807) is 0 Å². The molecule has 0 unspecified atom stereocenters. The smallest absolute Gasteiger partial charge is 0.0249 e. The standard InChI is InChI=1S/C11H17BrN2/c1-8-4-3-5-10(11(8)12)7-14-9(2)6-13/h3-5,9,14H,6-7,13H2,1-2H3/t9-/m1/s1. The second-order valence-corrected chi connectivity index (χ2v) is 4.36. The molecule has 0 aromatic heterocycles. The molecule has 0 fully saturated rings. The number of halogens is 1. The summed E-state index contributed by atoms with van der Waals surface area (Å²) in [5.74, 6) is 0.